The van der Waals surface area contributed by atoms with Gasteiger partial charge in [-0.2, -0.15) is 0 Å². The van der Waals surface area contributed by atoms with Crippen molar-refractivity contribution in [3.63, 3.8) is 0 Å². The Morgan fingerprint density at radius 2 is 1.79 bits per heavy atom. The van der Waals surface area contributed by atoms with E-state index < -0.39 is 0 Å². The van der Waals surface area contributed by atoms with Crippen molar-refractivity contribution in [1.29, 1.82) is 0 Å². The first-order valence-electron chi connectivity index (χ1n) is 7.78. The Hall–Kier alpha value is -2.33. The maximum absolute atomic E-state index is 12.2. The van der Waals surface area contributed by atoms with Crippen molar-refractivity contribution in [2.75, 3.05) is 18.0 Å². The van der Waals surface area contributed by atoms with Gasteiger partial charge in [0.05, 0.1) is 0 Å². The van der Waals surface area contributed by atoms with Crippen molar-refractivity contribution in [2.45, 2.75) is 20.8 Å². The molecule has 0 aliphatic rings. The summed E-state index contributed by atoms with van der Waals surface area (Å²) in [5, 5.41) is 3.44. The van der Waals surface area contributed by atoms with E-state index in [1.165, 1.54) is 6.92 Å². The lowest BCUT2D eigenvalue weighted by molar-refractivity contribution is -0.116. The minimum Gasteiger partial charge on any atom is -0.350 e. The summed E-state index contributed by atoms with van der Waals surface area (Å²) in [7, 11) is 0. The first kappa shape index (κ1) is 18.0. The van der Waals surface area contributed by atoms with E-state index in [4.69, 9.17) is 11.6 Å². The van der Waals surface area contributed by atoms with Crippen molar-refractivity contribution in [1.82, 2.24) is 5.32 Å². The maximum atomic E-state index is 12.2. The Bertz CT molecular complexity index is 759. The van der Waals surface area contributed by atoms with Crippen molar-refractivity contribution in [3.05, 3.63) is 64.2 Å². The number of nitrogens with one attached hydrogen (secondary N) is 1. The molecule has 0 bridgehead atoms. The van der Waals surface area contributed by atoms with E-state index >= 15 is 0 Å². The fraction of sp³-hybridized carbons (Fsp3) is 0.263. The molecule has 0 radical (unpaired) electrons. The standard InChI is InChI=1S/C19H21ClN2O2/c1-13-6-4-5-7-17(13)19(24)21-10-11-22(15(3)23)18-12-16(20)9-8-14(18)2/h4-9,12H,10-11H2,1-3H3,(H,21,24). The monoisotopic (exact) mass is 344 g/mol. The summed E-state index contributed by atoms with van der Waals surface area (Å²) in [5.74, 6) is -0.232. The lowest BCUT2D eigenvalue weighted by atomic mass is 10.1. The minimum absolute atomic E-state index is 0.0921. The lowest BCUT2D eigenvalue weighted by Gasteiger charge is -2.23. The summed E-state index contributed by atoms with van der Waals surface area (Å²) in [5.41, 5.74) is 3.29. The third-order valence-corrected chi connectivity index (χ3v) is 4.09. The van der Waals surface area contributed by atoms with E-state index in [9.17, 15) is 9.59 Å². The predicted molar refractivity (Wildman–Crippen MR) is 97.7 cm³/mol. The van der Waals surface area contributed by atoms with Crippen LogP contribution < -0.4 is 10.2 Å². The largest absolute Gasteiger partial charge is 0.350 e. The molecule has 2 aromatic rings. The molecule has 0 aliphatic heterocycles. The number of amides is 2. The van der Waals surface area contributed by atoms with Gasteiger partial charge in [0.15, 0.2) is 0 Å². The van der Waals surface area contributed by atoms with Gasteiger partial charge in [0, 0.05) is 36.3 Å². The van der Waals surface area contributed by atoms with E-state index in [2.05, 4.69) is 5.32 Å². The summed E-state index contributed by atoms with van der Waals surface area (Å²) in [6.07, 6.45) is 0. The average molecular weight is 345 g/mol. The molecule has 2 amide bonds. The molecule has 0 aromatic heterocycles. The van der Waals surface area contributed by atoms with Crippen LogP contribution in [0.2, 0.25) is 5.02 Å². The van der Waals surface area contributed by atoms with Crippen molar-refractivity contribution in [2.24, 2.45) is 0 Å². The molecule has 0 unspecified atom stereocenters. The Balaban J connectivity index is 2.05. The quantitative estimate of drug-likeness (QED) is 0.898. The number of hydrogen-bond acceptors (Lipinski definition) is 2. The first-order chi connectivity index (χ1) is 11.4. The summed E-state index contributed by atoms with van der Waals surface area (Å²) < 4.78 is 0. The van der Waals surface area contributed by atoms with E-state index in [-0.39, 0.29) is 11.8 Å². The SMILES string of the molecule is CC(=O)N(CCNC(=O)c1ccccc1C)c1cc(Cl)ccc1C. The summed E-state index contributed by atoms with van der Waals surface area (Å²) in [6, 6.07) is 12.8. The number of halogens is 1. The van der Waals surface area contributed by atoms with Gasteiger partial charge in [0.25, 0.3) is 5.91 Å². The summed E-state index contributed by atoms with van der Waals surface area (Å²) >= 11 is 6.04. The molecule has 0 fully saturated rings. The van der Waals surface area contributed by atoms with Crippen LogP contribution in [0.5, 0.6) is 0 Å². The highest BCUT2D eigenvalue weighted by molar-refractivity contribution is 6.31. The lowest BCUT2D eigenvalue weighted by Crippen LogP contribution is -2.38. The van der Waals surface area contributed by atoms with Crippen LogP contribution in [0.25, 0.3) is 0 Å². The fourth-order valence-electron chi connectivity index (χ4n) is 2.52. The van der Waals surface area contributed by atoms with E-state index in [1.807, 2.05) is 38.1 Å². The summed E-state index contributed by atoms with van der Waals surface area (Å²) in [6.45, 7) is 6.07. The van der Waals surface area contributed by atoms with Gasteiger partial charge in [0.1, 0.15) is 0 Å². The fourth-order valence-corrected chi connectivity index (χ4v) is 2.69. The molecular weight excluding hydrogens is 324 g/mol. The van der Waals surface area contributed by atoms with Gasteiger partial charge in [0.2, 0.25) is 5.91 Å². The Morgan fingerprint density at radius 1 is 1.08 bits per heavy atom. The van der Waals surface area contributed by atoms with Crippen LogP contribution in [0.4, 0.5) is 5.69 Å². The molecule has 0 atom stereocenters. The highest BCUT2D eigenvalue weighted by Gasteiger charge is 2.15. The number of hydrogen-bond donors (Lipinski definition) is 1. The zero-order valence-corrected chi connectivity index (χ0v) is 14.9. The van der Waals surface area contributed by atoms with Crippen molar-refractivity contribution in [3.8, 4) is 0 Å². The number of anilines is 1. The zero-order chi connectivity index (χ0) is 17.7. The van der Waals surface area contributed by atoms with Gasteiger partial charge in [-0.15, -0.1) is 0 Å². The molecule has 126 valence electrons. The summed E-state index contributed by atoms with van der Waals surface area (Å²) in [4.78, 5) is 25.8. The third kappa shape index (κ3) is 4.36. The molecule has 0 saturated carbocycles. The van der Waals surface area contributed by atoms with Crippen LogP contribution in [0, 0.1) is 13.8 Å². The van der Waals surface area contributed by atoms with Gasteiger partial charge in [-0.25, -0.2) is 0 Å². The highest BCUT2D eigenvalue weighted by atomic mass is 35.5. The second-order valence-electron chi connectivity index (χ2n) is 5.67. The molecule has 1 N–H and O–H groups in total. The Kier molecular flexibility index (Phi) is 5.99. The number of nitrogens with zero attached hydrogens (tertiary/aromatic N) is 1. The van der Waals surface area contributed by atoms with Gasteiger partial charge >= 0.3 is 0 Å². The molecule has 4 nitrogen and oxygen atoms in total. The van der Waals surface area contributed by atoms with Gasteiger partial charge in [-0.1, -0.05) is 35.9 Å². The average Bonchev–Trinajstić information content (AvgIpc) is 2.54. The first-order valence-corrected chi connectivity index (χ1v) is 8.16. The van der Waals surface area contributed by atoms with Crippen LogP contribution in [-0.4, -0.2) is 24.9 Å². The van der Waals surface area contributed by atoms with Gasteiger partial charge < -0.3 is 10.2 Å². The molecule has 5 heteroatoms. The van der Waals surface area contributed by atoms with Crippen molar-refractivity contribution >= 4 is 29.1 Å². The van der Waals surface area contributed by atoms with E-state index in [0.717, 1.165) is 16.8 Å². The van der Waals surface area contributed by atoms with E-state index in [1.54, 1.807) is 23.1 Å². The molecule has 0 aliphatic carbocycles. The number of carbonyl (C=O) groups is 2. The van der Waals surface area contributed by atoms with E-state index in [0.29, 0.717) is 23.7 Å². The van der Waals surface area contributed by atoms with Crippen molar-refractivity contribution < 1.29 is 9.59 Å². The van der Waals surface area contributed by atoms with Crippen LogP contribution in [0.1, 0.15) is 28.4 Å². The second-order valence-corrected chi connectivity index (χ2v) is 6.11. The van der Waals surface area contributed by atoms with Crippen LogP contribution in [0.3, 0.4) is 0 Å². The smallest absolute Gasteiger partial charge is 0.251 e. The Labute approximate surface area is 147 Å². The number of benzene rings is 2. The molecule has 0 saturated heterocycles. The number of rotatable bonds is 5. The zero-order valence-electron chi connectivity index (χ0n) is 14.1. The second kappa shape index (κ2) is 7.97. The topological polar surface area (TPSA) is 49.4 Å². The molecule has 24 heavy (non-hydrogen) atoms. The third-order valence-electron chi connectivity index (χ3n) is 3.85. The van der Waals surface area contributed by atoms with Crippen LogP contribution in [0.15, 0.2) is 42.5 Å². The van der Waals surface area contributed by atoms with Gasteiger partial charge in [-0.3, -0.25) is 9.59 Å². The molecule has 2 rings (SSSR count). The molecule has 0 spiro atoms. The molecular formula is C19H21ClN2O2. The normalized spacial score (nSPS) is 10.3. The maximum Gasteiger partial charge on any atom is 0.251 e. The van der Waals surface area contributed by atoms with Gasteiger partial charge in [-0.05, 0) is 43.2 Å². The number of carbonyl (C=O) groups excluding carboxylic acids is 2. The Morgan fingerprint density at radius 3 is 2.46 bits per heavy atom. The molecule has 2 aromatic carbocycles. The molecule has 0 heterocycles. The minimum atomic E-state index is -0.139. The van der Waals surface area contributed by atoms with Crippen LogP contribution in [-0.2, 0) is 4.79 Å². The predicted octanol–water partition coefficient (Wildman–Crippen LogP) is 3.74. The van der Waals surface area contributed by atoms with Crippen LogP contribution >= 0.6 is 11.6 Å². The number of aryl methyl sites for hydroxylation is 2. The highest BCUT2D eigenvalue weighted by Crippen LogP contribution is 2.24.